The topological polar surface area (TPSA) is 89.9 Å². The van der Waals surface area contributed by atoms with Gasteiger partial charge in [0.05, 0.1) is 25.2 Å². The summed E-state index contributed by atoms with van der Waals surface area (Å²) in [6.45, 7) is 4.81. The van der Waals surface area contributed by atoms with Gasteiger partial charge in [0.25, 0.3) is 0 Å². The van der Waals surface area contributed by atoms with Gasteiger partial charge in [-0.3, -0.25) is 4.79 Å². The van der Waals surface area contributed by atoms with Crippen molar-refractivity contribution in [2.75, 3.05) is 13.2 Å². The summed E-state index contributed by atoms with van der Waals surface area (Å²) in [6, 6.07) is 0. The lowest BCUT2D eigenvalue weighted by atomic mass is 9.49. The Morgan fingerprint density at radius 1 is 1.32 bits per heavy atom. The lowest BCUT2D eigenvalue weighted by molar-refractivity contribution is -0.191. The summed E-state index contributed by atoms with van der Waals surface area (Å²) in [6.07, 6.45) is 5.33. The van der Waals surface area contributed by atoms with E-state index in [2.05, 4.69) is 13.0 Å². The summed E-state index contributed by atoms with van der Waals surface area (Å²) < 4.78 is 11.8. The molecule has 6 atom stereocenters. The van der Waals surface area contributed by atoms with Gasteiger partial charge in [0.1, 0.15) is 17.9 Å². The molecule has 154 valence electrons. The maximum absolute atomic E-state index is 13.3. The fourth-order valence-electron chi connectivity index (χ4n) is 6.20. The molecule has 4 rings (SSSR count). The Hall–Kier alpha value is -1.37. The number of ether oxygens (including phenoxy) is 2. The van der Waals surface area contributed by atoms with Crippen LogP contribution in [0.4, 0.5) is 0 Å². The van der Waals surface area contributed by atoms with Crippen LogP contribution >= 0.6 is 0 Å². The van der Waals surface area contributed by atoms with Gasteiger partial charge in [-0.25, -0.2) is 0 Å². The number of hydrogen-bond donors (Lipinski definition) is 1. The molecule has 1 spiro atoms. The highest BCUT2D eigenvalue weighted by atomic mass is 16.7. The molecular weight excluding hydrogens is 360 g/mol. The minimum atomic E-state index is -0.870. The number of allylic oxidation sites excluding steroid dienone is 1. The summed E-state index contributed by atoms with van der Waals surface area (Å²) in [5.41, 5.74) is 0.839. The van der Waals surface area contributed by atoms with Crippen LogP contribution in [0, 0.1) is 29.1 Å². The van der Waals surface area contributed by atoms with Crippen molar-refractivity contribution in [3.63, 3.8) is 0 Å². The van der Waals surface area contributed by atoms with E-state index >= 15 is 0 Å². The Kier molecular flexibility index (Phi) is 5.09. The first-order chi connectivity index (χ1) is 13.3. The molecule has 0 amide bonds. The van der Waals surface area contributed by atoms with Crippen molar-refractivity contribution >= 4 is 17.9 Å². The fourth-order valence-corrected chi connectivity index (χ4v) is 6.20. The van der Waals surface area contributed by atoms with Crippen LogP contribution in [0.2, 0.25) is 0 Å². The highest BCUT2D eigenvalue weighted by Crippen LogP contribution is 2.60. The summed E-state index contributed by atoms with van der Waals surface area (Å²) in [5, 5.41) is 11.2. The van der Waals surface area contributed by atoms with Crippen LogP contribution in [0.5, 0.6) is 0 Å². The molecule has 3 aliphatic carbocycles. The maximum Gasteiger partial charge on any atom is 0.172 e. The van der Waals surface area contributed by atoms with Crippen LogP contribution < -0.4 is 0 Å². The maximum atomic E-state index is 13.3. The van der Waals surface area contributed by atoms with Crippen molar-refractivity contribution < 1.29 is 29.0 Å². The lowest BCUT2D eigenvalue weighted by Gasteiger charge is -2.56. The van der Waals surface area contributed by atoms with Gasteiger partial charge in [-0.15, -0.1) is 0 Å². The van der Waals surface area contributed by atoms with E-state index in [-0.39, 0.29) is 35.2 Å². The molecule has 2 saturated carbocycles. The van der Waals surface area contributed by atoms with Crippen LogP contribution in [0.1, 0.15) is 52.4 Å². The Morgan fingerprint density at radius 2 is 2.04 bits per heavy atom. The lowest BCUT2D eigenvalue weighted by Crippen LogP contribution is -2.59. The molecule has 0 unspecified atom stereocenters. The molecule has 0 bridgehead atoms. The number of aliphatic hydroxyl groups excluding tert-OH is 1. The Labute approximate surface area is 165 Å². The van der Waals surface area contributed by atoms with Gasteiger partial charge in [0, 0.05) is 37.0 Å². The molecule has 0 aromatic rings. The minimum absolute atomic E-state index is 0.000919. The van der Waals surface area contributed by atoms with Gasteiger partial charge < -0.3 is 24.2 Å². The van der Waals surface area contributed by atoms with E-state index in [1.165, 1.54) is 12.5 Å². The number of fused-ring (bicyclic) bond motifs is 3. The van der Waals surface area contributed by atoms with Crippen LogP contribution in [-0.2, 0) is 23.9 Å². The van der Waals surface area contributed by atoms with Crippen molar-refractivity contribution in [1.82, 2.24) is 0 Å². The molecule has 1 aliphatic heterocycles. The number of hydrogen-bond acceptors (Lipinski definition) is 6. The van der Waals surface area contributed by atoms with E-state index in [9.17, 15) is 19.5 Å². The third kappa shape index (κ3) is 3.01. The van der Waals surface area contributed by atoms with E-state index in [0.29, 0.717) is 32.5 Å². The van der Waals surface area contributed by atoms with Crippen LogP contribution in [0.25, 0.3) is 0 Å². The summed E-state index contributed by atoms with van der Waals surface area (Å²) in [4.78, 5) is 36.6. The highest BCUT2D eigenvalue weighted by molar-refractivity contribution is 5.89. The van der Waals surface area contributed by atoms with Gasteiger partial charge >= 0.3 is 0 Å². The monoisotopic (exact) mass is 390 g/mol. The standard InChI is InChI=1S/C22H30O6/c1-13(24)3-5-15-17(12-23)20(26)18-16(19(15)25)6-4-14-11-22(27-9-10-28-22)8-7-21(14,18)2/h4,12,15-18,20,26H,3,5-11H2,1-2H3/t15-,16+,17+,18-,20+,21-/m0/s1. The third-order valence-corrected chi connectivity index (χ3v) is 7.74. The predicted octanol–water partition coefficient (Wildman–Crippen LogP) is 2.23. The van der Waals surface area contributed by atoms with Gasteiger partial charge in [-0.2, -0.15) is 0 Å². The Morgan fingerprint density at radius 3 is 2.68 bits per heavy atom. The summed E-state index contributed by atoms with van der Waals surface area (Å²) in [5.74, 6) is -2.39. The molecular formula is C22H30O6. The van der Waals surface area contributed by atoms with E-state index in [4.69, 9.17) is 9.47 Å². The number of Topliss-reactive ketones (excluding diaryl/α,β-unsaturated/α-hetero) is 2. The third-order valence-electron chi connectivity index (χ3n) is 7.74. The van der Waals surface area contributed by atoms with Crippen molar-refractivity contribution in [2.24, 2.45) is 29.1 Å². The average molecular weight is 390 g/mol. The molecule has 6 heteroatoms. The first kappa shape index (κ1) is 19.9. The second-order valence-corrected chi connectivity index (χ2v) is 9.25. The number of rotatable bonds is 4. The molecule has 0 aromatic heterocycles. The number of carbonyl (C=O) groups excluding carboxylic acids is 3. The molecule has 3 fully saturated rings. The van der Waals surface area contributed by atoms with Crippen LogP contribution in [0.15, 0.2) is 11.6 Å². The number of aldehydes is 1. The van der Waals surface area contributed by atoms with Gasteiger partial charge in [0.2, 0.25) is 0 Å². The molecule has 0 radical (unpaired) electrons. The second-order valence-electron chi connectivity index (χ2n) is 9.25. The van der Waals surface area contributed by atoms with Crippen molar-refractivity contribution in [3.05, 3.63) is 11.6 Å². The zero-order chi connectivity index (χ0) is 20.1. The number of carbonyl (C=O) groups is 3. The van der Waals surface area contributed by atoms with Crippen LogP contribution in [0.3, 0.4) is 0 Å². The zero-order valence-electron chi connectivity index (χ0n) is 16.7. The minimum Gasteiger partial charge on any atom is -0.392 e. The normalized spacial score (nSPS) is 41.9. The molecule has 6 nitrogen and oxygen atoms in total. The van der Waals surface area contributed by atoms with Gasteiger partial charge in [0.15, 0.2) is 5.79 Å². The van der Waals surface area contributed by atoms with Crippen molar-refractivity contribution in [3.8, 4) is 0 Å². The molecule has 4 aliphatic rings. The predicted molar refractivity (Wildman–Crippen MR) is 100 cm³/mol. The molecule has 0 aromatic carbocycles. The number of ketones is 2. The molecule has 1 saturated heterocycles. The zero-order valence-corrected chi connectivity index (χ0v) is 16.7. The van der Waals surface area contributed by atoms with Gasteiger partial charge in [-0.1, -0.05) is 18.6 Å². The molecule has 28 heavy (non-hydrogen) atoms. The largest absolute Gasteiger partial charge is 0.392 e. The smallest absolute Gasteiger partial charge is 0.172 e. The highest BCUT2D eigenvalue weighted by Gasteiger charge is 2.60. The second kappa shape index (κ2) is 7.15. The average Bonchev–Trinajstić information content (AvgIpc) is 3.11. The molecule has 1 N–H and O–H groups in total. The first-order valence-corrected chi connectivity index (χ1v) is 10.5. The Balaban J connectivity index is 1.64. The Bertz CT molecular complexity index is 706. The number of aliphatic hydroxyl groups is 1. The van der Waals surface area contributed by atoms with E-state index in [1.54, 1.807) is 0 Å². The molecule has 1 heterocycles. The fraction of sp³-hybridized carbons (Fsp3) is 0.773. The summed E-state index contributed by atoms with van der Waals surface area (Å²) in [7, 11) is 0. The first-order valence-electron chi connectivity index (χ1n) is 10.5. The van der Waals surface area contributed by atoms with E-state index < -0.39 is 23.7 Å². The quantitative estimate of drug-likeness (QED) is 0.585. The summed E-state index contributed by atoms with van der Waals surface area (Å²) >= 11 is 0. The van der Waals surface area contributed by atoms with Gasteiger partial charge in [-0.05, 0) is 31.6 Å². The van der Waals surface area contributed by atoms with Crippen molar-refractivity contribution in [2.45, 2.75) is 64.3 Å². The van der Waals surface area contributed by atoms with E-state index in [1.807, 2.05) is 0 Å². The van der Waals surface area contributed by atoms with Crippen LogP contribution in [-0.4, -0.2) is 48.1 Å². The SMILES string of the molecule is CC(=O)CC[C@@H]1C(=O)[C@@H]2CC=C3CC4(CC[C@]3(C)[C@@H]2[C@H](O)[C@@H]1C=O)OCCO4. The van der Waals surface area contributed by atoms with E-state index in [0.717, 1.165) is 19.1 Å². The van der Waals surface area contributed by atoms with Crippen molar-refractivity contribution in [1.29, 1.82) is 0 Å².